The Morgan fingerprint density at radius 2 is 1.32 bits per heavy atom. The monoisotopic (exact) mass is 414 g/mol. The van der Waals surface area contributed by atoms with Gasteiger partial charge in [0, 0.05) is 85.1 Å². The van der Waals surface area contributed by atoms with E-state index in [1.807, 2.05) is 101 Å². The van der Waals surface area contributed by atoms with Crippen molar-refractivity contribution in [2.75, 3.05) is 19.6 Å². The average Bonchev–Trinajstić information content (AvgIpc) is 3.35. The lowest BCUT2D eigenvalue weighted by atomic mass is 10.0. The van der Waals surface area contributed by atoms with Crippen LogP contribution in [0.1, 0.15) is 27.6 Å². The first-order valence-electron chi connectivity index (χ1n) is 10.6. The van der Waals surface area contributed by atoms with Crippen LogP contribution in [0, 0.1) is 0 Å². The molecule has 1 aliphatic heterocycles. The molecular weight excluding hydrogens is 388 g/mol. The molecule has 1 aliphatic rings. The fraction of sp³-hybridized carbons (Fsp3) is 0.280. The molecule has 0 radical (unpaired) electrons. The normalized spacial score (nSPS) is 16.9. The van der Waals surface area contributed by atoms with E-state index in [0.717, 1.165) is 32.9 Å². The van der Waals surface area contributed by atoms with Gasteiger partial charge >= 0.3 is 0 Å². The Kier molecular flexibility index (Phi) is 4.58. The SMILES string of the molecule is C[C@H]1CN(C(=O)c2cccc3c2ccn3C)CCN1C(=O)c1cccc2c1ccn2C. The summed E-state index contributed by atoms with van der Waals surface area (Å²) in [5.41, 5.74) is 3.53. The topological polar surface area (TPSA) is 50.5 Å². The summed E-state index contributed by atoms with van der Waals surface area (Å²) < 4.78 is 4.05. The van der Waals surface area contributed by atoms with E-state index in [-0.39, 0.29) is 17.9 Å². The minimum absolute atomic E-state index is 0.0286. The van der Waals surface area contributed by atoms with Gasteiger partial charge in [-0.3, -0.25) is 9.59 Å². The number of carbonyl (C=O) groups is 2. The zero-order valence-electron chi connectivity index (χ0n) is 18.1. The van der Waals surface area contributed by atoms with Crippen molar-refractivity contribution in [2.24, 2.45) is 14.1 Å². The Hall–Kier alpha value is -3.54. The van der Waals surface area contributed by atoms with Crippen molar-refractivity contribution >= 4 is 33.6 Å². The van der Waals surface area contributed by atoms with Crippen LogP contribution >= 0.6 is 0 Å². The third-order valence-electron chi connectivity index (χ3n) is 6.49. The summed E-state index contributed by atoms with van der Waals surface area (Å²) in [6.45, 7) is 3.60. The van der Waals surface area contributed by atoms with Crippen molar-refractivity contribution in [3.8, 4) is 0 Å². The maximum atomic E-state index is 13.4. The van der Waals surface area contributed by atoms with E-state index in [2.05, 4.69) is 0 Å². The van der Waals surface area contributed by atoms with Crippen LogP contribution in [0.3, 0.4) is 0 Å². The number of piperazine rings is 1. The molecular formula is C25H26N4O2. The first kappa shape index (κ1) is 19.4. The quantitative estimate of drug-likeness (QED) is 0.503. The summed E-state index contributed by atoms with van der Waals surface area (Å²) in [4.78, 5) is 30.4. The molecule has 158 valence electrons. The Morgan fingerprint density at radius 1 is 0.774 bits per heavy atom. The minimum atomic E-state index is -0.0563. The van der Waals surface area contributed by atoms with E-state index in [1.165, 1.54) is 0 Å². The number of hydrogen-bond acceptors (Lipinski definition) is 2. The number of nitrogens with zero attached hydrogens (tertiary/aromatic N) is 4. The number of hydrogen-bond donors (Lipinski definition) is 0. The first-order valence-corrected chi connectivity index (χ1v) is 10.6. The van der Waals surface area contributed by atoms with Crippen LogP contribution in [-0.2, 0) is 14.1 Å². The van der Waals surface area contributed by atoms with Crippen LogP contribution in [0.25, 0.3) is 21.8 Å². The highest BCUT2D eigenvalue weighted by molar-refractivity contribution is 6.08. The number of aromatic nitrogens is 2. The third kappa shape index (κ3) is 3.10. The highest BCUT2D eigenvalue weighted by Gasteiger charge is 2.32. The lowest BCUT2D eigenvalue weighted by molar-refractivity contribution is 0.0416. The van der Waals surface area contributed by atoms with E-state index in [9.17, 15) is 9.59 Å². The van der Waals surface area contributed by atoms with Crippen molar-refractivity contribution in [3.05, 3.63) is 72.1 Å². The molecule has 0 bridgehead atoms. The summed E-state index contributed by atoms with van der Waals surface area (Å²) in [7, 11) is 3.97. The Bertz CT molecular complexity index is 1320. The van der Waals surface area contributed by atoms with Crippen molar-refractivity contribution < 1.29 is 9.59 Å². The molecule has 2 aromatic heterocycles. The summed E-state index contributed by atoms with van der Waals surface area (Å²) in [5, 5.41) is 1.94. The van der Waals surface area contributed by atoms with Gasteiger partial charge in [0.05, 0.1) is 0 Å². The van der Waals surface area contributed by atoms with E-state index in [4.69, 9.17) is 0 Å². The molecule has 1 atom stereocenters. The molecule has 1 fully saturated rings. The summed E-state index contributed by atoms with van der Waals surface area (Å²) >= 11 is 0. The number of fused-ring (bicyclic) bond motifs is 2. The molecule has 5 rings (SSSR count). The Balaban J connectivity index is 1.37. The van der Waals surface area contributed by atoms with Crippen molar-refractivity contribution in [3.63, 3.8) is 0 Å². The summed E-state index contributed by atoms with van der Waals surface area (Å²) in [6.07, 6.45) is 3.95. The lowest BCUT2D eigenvalue weighted by Gasteiger charge is -2.40. The molecule has 2 amide bonds. The number of amides is 2. The predicted octanol–water partition coefficient (Wildman–Crippen LogP) is 3.66. The third-order valence-corrected chi connectivity index (χ3v) is 6.49. The average molecular weight is 415 g/mol. The molecule has 0 saturated carbocycles. The van der Waals surface area contributed by atoms with Gasteiger partial charge in [0.25, 0.3) is 11.8 Å². The number of benzene rings is 2. The van der Waals surface area contributed by atoms with Gasteiger partial charge in [0.15, 0.2) is 0 Å². The fourth-order valence-electron chi connectivity index (χ4n) is 4.75. The number of carbonyl (C=O) groups excluding carboxylic acids is 2. The molecule has 1 saturated heterocycles. The van der Waals surface area contributed by atoms with Crippen LogP contribution in [0.2, 0.25) is 0 Å². The van der Waals surface area contributed by atoms with Gasteiger partial charge in [-0.1, -0.05) is 12.1 Å². The van der Waals surface area contributed by atoms with Gasteiger partial charge in [-0.15, -0.1) is 0 Å². The minimum Gasteiger partial charge on any atom is -0.351 e. The maximum Gasteiger partial charge on any atom is 0.254 e. The van der Waals surface area contributed by atoms with Gasteiger partial charge in [0.1, 0.15) is 0 Å². The standard InChI is InChI=1S/C25H26N4O2/c1-17-16-28(24(30)20-6-4-8-22-18(20)10-12-26(22)2)14-15-29(17)25(31)21-7-5-9-23-19(21)11-13-27(23)3/h4-13,17H,14-16H2,1-3H3/t17-/m0/s1. The van der Waals surface area contributed by atoms with E-state index in [1.54, 1.807) is 0 Å². The largest absolute Gasteiger partial charge is 0.351 e. The van der Waals surface area contributed by atoms with E-state index >= 15 is 0 Å². The summed E-state index contributed by atoms with van der Waals surface area (Å²) in [6, 6.07) is 15.6. The second-order valence-electron chi connectivity index (χ2n) is 8.43. The summed E-state index contributed by atoms with van der Waals surface area (Å²) in [5.74, 6) is 0.0578. The predicted molar refractivity (Wildman–Crippen MR) is 122 cm³/mol. The van der Waals surface area contributed by atoms with Gasteiger partial charge in [0.2, 0.25) is 0 Å². The van der Waals surface area contributed by atoms with Gasteiger partial charge in [-0.2, -0.15) is 0 Å². The molecule has 6 heteroatoms. The molecule has 2 aromatic carbocycles. The molecule has 6 nitrogen and oxygen atoms in total. The number of rotatable bonds is 2. The molecule has 31 heavy (non-hydrogen) atoms. The van der Waals surface area contributed by atoms with Crippen molar-refractivity contribution in [1.82, 2.24) is 18.9 Å². The van der Waals surface area contributed by atoms with Gasteiger partial charge in [-0.05, 0) is 43.3 Å². The smallest absolute Gasteiger partial charge is 0.254 e. The first-order chi connectivity index (χ1) is 15.0. The van der Waals surface area contributed by atoms with E-state index in [0.29, 0.717) is 19.6 Å². The molecule has 0 N–H and O–H groups in total. The van der Waals surface area contributed by atoms with Crippen LogP contribution in [-0.4, -0.2) is 56.4 Å². The zero-order chi connectivity index (χ0) is 21.7. The van der Waals surface area contributed by atoms with Crippen molar-refractivity contribution in [2.45, 2.75) is 13.0 Å². The highest BCUT2D eigenvalue weighted by atomic mass is 16.2. The highest BCUT2D eigenvalue weighted by Crippen LogP contribution is 2.25. The molecule has 0 aliphatic carbocycles. The molecule has 0 spiro atoms. The van der Waals surface area contributed by atoms with E-state index < -0.39 is 0 Å². The van der Waals surface area contributed by atoms with Gasteiger partial charge < -0.3 is 18.9 Å². The molecule has 3 heterocycles. The van der Waals surface area contributed by atoms with Crippen LogP contribution < -0.4 is 0 Å². The lowest BCUT2D eigenvalue weighted by Crippen LogP contribution is -2.55. The second-order valence-corrected chi connectivity index (χ2v) is 8.43. The molecule has 0 unspecified atom stereocenters. The second kappa shape index (κ2) is 7.30. The molecule has 4 aromatic rings. The number of aryl methyl sites for hydroxylation is 2. The Labute approximate surface area is 181 Å². The fourth-order valence-corrected chi connectivity index (χ4v) is 4.75. The Morgan fingerprint density at radius 3 is 1.87 bits per heavy atom. The van der Waals surface area contributed by atoms with Gasteiger partial charge in [-0.25, -0.2) is 0 Å². The van der Waals surface area contributed by atoms with Crippen LogP contribution in [0.5, 0.6) is 0 Å². The van der Waals surface area contributed by atoms with Crippen molar-refractivity contribution in [1.29, 1.82) is 0 Å². The van der Waals surface area contributed by atoms with Crippen LogP contribution in [0.15, 0.2) is 60.9 Å². The maximum absolute atomic E-state index is 13.4. The van der Waals surface area contributed by atoms with Crippen LogP contribution in [0.4, 0.5) is 0 Å². The zero-order valence-corrected chi connectivity index (χ0v) is 18.1.